The molecule has 1 saturated heterocycles. The molecule has 0 spiro atoms. The first-order valence-electron chi connectivity index (χ1n) is 11.9. The Hall–Kier alpha value is -3.72. The smallest absolute Gasteiger partial charge is 0.303 e. The second-order valence-electron chi connectivity index (χ2n) is 8.55. The summed E-state index contributed by atoms with van der Waals surface area (Å²) in [6.07, 6.45) is -7.97. The fourth-order valence-corrected chi connectivity index (χ4v) is 3.87. The van der Waals surface area contributed by atoms with Crippen molar-refractivity contribution in [1.29, 1.82) is 0 Å². The van der Waals surface area contributed by atoms with Crippen LogP contribution in [-0.4, -0.2) is 98.0 Å². The van der Waals surface area contributed by atoms with E-state index in [1.54, 1.807) is 0 Å². The van der Waals surface area contributed by atoms with Crippen LogP contribution >= 0.6 is 0 Å². The first-order chi connectivity index (χ1) is 18.3. The molecule has 1 fully saturated rings. The number of carbonyl (C=O) groups is 6. The summed E-state index contributed by atoms with van der Waals surface area (Å²) in [6.45, 7) is 5.92. The summed E-state index contributed by atoms with van der Waals surface area (Å²) in [5.74, 6) is -4.43. The SMILES string of the molecule is CC(=O)OC[C@H]1OC(O[C@H]2C(OC(C)=O)C=CO[C@@H]2COC(C)=O)[C@H](OC(C)=O)[C@@H](OC(C)=O)[C@H]1OC(C)=O. The van der Waals surface area contributed by atoms with Gasteiger partial charge in [-0.15, -0.1) is 0 Å². The van der Waals surface area contributed by atoms with E-state index in [9.17, 15) is 28.8 Å². The van der Waals surface area contributed by atoms with Crippen LogP contribution in [0.2, 0.25) is 0 Å². The third-order valence-electron chi connectivity index (χ3n) is 5.20. The van der Waals surface area contributed by atoms with Gasteiger partial charge >= 0.3 is 35.8 Å². The maximum atomic E-state index is 12.0. The summed E-state index contributed by atoms with van der Waals surface area (Å²) in [7, 11) is 0. The van der Waals surface area contributed by atoms with Gasteiger partial charge in [0.2, 0.25) is 0 Å². The topological polar surface area (TPSA) is 185 Å². The average Bonchev–Trinajstić information content (AvgIpc) is 2.80. The van der Waals surface area contributed by atoms with Crippen molar-refractivity contribution in [1.82, 2.24) is 0 Å². The molecule has 0 aliphatic carbocycles. The molecule has 218 valence electrons. The van der Waals surface area contributed by atoms with E-state index in [1.165, 1.54) is 19.3 Å². The molecule has 0 N–H and O–H groups in total. The predicted molar refractivity (Wildman–Crippen MR) is 123 cm³/mol. The third kappa shape index (κ3) is 9.83. The molecule has 2 unspecified atom stereocenters. The van der Waals surface area contributed by atoms with Crippen LogP contribution in [0, 0.1) is 0 Å². The standard InChI is InChI=1S/C24H32O15/c1-11(25)32-9-18-20(17(7-8-31-18)34-13(3)27)39-24-23(37-16(6)30)22(36-15(5)29)21(35-14(4)28)19(38-24)10-33-12(2)26/h7-8,17-24H,9-10H2,1-6H3/t17?,18-,19-,20+,21+,22+,23-,24?/m1/s1. The number of ether oxygens (including phenoxy) is 9. The normalized spacial score (nSPS) is 29.7. The van der Waals surface area contributed by atoms with Gasteiger partial charge in [0.15, 0.2) is 36.8 Å². The number of esters is 6. The van der Waals surface area contributed by atoms with Crippen LogP contribution in [0.15, 0.2) is 12.3 Å². The minimum absolute atomic E-state index is 0.326. The lowest BCUT2D eigenvalue weighted by molar-refractivity contribution is -0.328. The Labute approximate surface area is 223 Å². The van der Waals surface area contributed by atoms with Gasteiger partial charge in [0.05, 0.1) is 6.26 Å². The second kappa shape index (κ2) is 14.4. The van der Waals surface area contributed by atoms with Gasteiger partial charge in [0, 0.05) is 41.5 Å². The fourth-order valence-electron chi connectivity index (χ4n) is 3.87. The Bertz CT molecular complexity index is 959. The van der Waals surface area contributed by atoms with Crippen LogP contribution < -0.4 is 0 Å². The van der Waals surface area contributed by atoms with Crippen molar-refractivity contribution in [3.63, 3.8) is 0 Å². The molecule has 2 aliphatic heterocycles. The van der Waals surface area contributed by atoms with Crippen LogP contribution in [0.25, 0.3) is 0 Å². The molecule has 2 aliphatic rings. The minimum Gasteiger partial charge on any atom is -0.492 e. The maximum absolute atomic E-state index is 12.0. The lowest BCUT2D eigenvalue weighted by Crippen LogP contribution is -2.64. The van der Waals surface area contributed by atoms with E-state index in [2.05, 4.69) is 0 Å². The highest BCUT2D eigenvalue weighted by molar-refractivity contribution is 5.69. The summed E-state index contributed by atoms with van der Waals surface area (Å²) in [4.78, 5) is 70.6. The van der Waals surface area contributed by atoms with E-state index in [-0.39, 0.29) is 6.61 Å². The van der Waals surface area contributed by atoms with Crippen LogP contribution in [0.3, 0.4) is 0 Å². The summed E-state index contributed by atoms with van der Waals surface area (Å²) in [5.41, 5.74) is 0. The number of hydrogen-bond donors (Lipinski definition) is 0. The van der Waals surface area contributed by atoms with Gasteiger partial charge in [-0.25, -0.2) is 0 Å². The van der Waals surface area contributed by atoms with Gasteiger partial charge in [0.1, 0.15) is 25.4 Å². The van der Waals surface area contributed by atoms with Crippen LogP contribution in [0.5, 0.6) is 0 Å². The molecule has 0 saturated carbocycles. The Morgan fingerprint density at radius 1 is 0.590 bits per heavy atom. The molecule has 2 rings (SSSR count). The molecular weight excluding hydrogens is 528 g/mol. The van der Waals surface area contributed by atoms with Crippen molar-refractivity contribution in [2.75, 3.05) is 13.2 Å². The van der Waals surface area contributed by atoms with E-state index in [1.807, 2.05) is 0 Å². The highest BCUT2D eigenvalue weighted by atomic mass is 16.7. The van der Waals surface area contributed by atoms with Gasteiger partial charge in [-0.2, -0.15) is 0 Å². The third-order valence-corrected chi connectivity index (χ3v) is 5.20. The number of rotatable bonds is 10. The highest BCUT2D eigenvalue weighted by Crippen LogP contribution is 2.32. The Kier molecular flexibility index (Phi) is 11.7. The van der Waals surface area contributed by atoms with E-state index in [0.717, 1.165) is 34.6 Å². The quantitative estimate of drug-likeness (QED) is 0.254. The maximum Gasteiger partial charge on any atom is 0.303 e. The Morgan fingerprint density at radius 3 is 1.59 bits per heavy atom. The second-order valence-corrected chi connectivity index (χ2v) is 8.55. The van der Waals surface area contributed by atoms with E-state index in [0.29, 0.717) is 0 Å². The first kappa shape index (κ1) is 31.5. The molecule has 15 heteroatoms. The van der Waals surface area contributed by atoms with Gasteiger partial charge in [-0.3, -0.25) is 28.8 Å². The molecular formula is C24H32O15. The summed E-state index contributed by atoms with van der Waals surface area (Å²) in [6, 6.07) is 0. The zero-order valence-corrected chi connectivity index (χ0v) is 22.3. The van der Waals surface area contributed by atoms with Crippen molar-refractivity contribution in [2.24, 2.45) is 0 Å². The van der Waals surface area contributed by atoms with Crippen molar-refractivity contribution in [2.45, 2.75) is 90.6 Å². The largest absolute Gasteiger partial charge is 0.492 e. The average molecular weight is 561 g/mol. The molecule has 0 aromatic heterocycles. The van der Waals surface area contributed by atoms with Crippen LogP contribution in [0.1, 0.15) is 41.5 Å². The Balaban J connectivity index is 2.52. The molecule has 0 aromatic rings. The van der Waals surface area contributed by atoms with Gasteiger partial charge in [-0.05, 0) is 6.08 Å². The zero-order valence-electron chi connectivity index (χ0n) is 22.3. The molecule has 39 heavy (non-hydrogen) atoms. The molecule has 15 nitrogen and oxygen atoms in total. The monoisotopic (exact) mass is 560 g/mol. The van der Waals surface area contributed by atoms with E-state index >= 15 is 0 Å². The minimum atomic E-state index is -1.58. The molecule has 0 aromatic carbocycles. The molecule has 0 bridgehead atoms. The number of carbonyl (C=O) groups excluding carboxylic acids is 6. The highest BCUT2D eigenvalue weighted by Gasteiger charge is 2.54. The molecule has 8 atom stereocenters. The predicted octanol–water partition coefficient (Wildman–Crippen LogP) is -0.138. The lowest BCUT2D eigenvalue weighted by Gasteiger charge is -2.46. The summed E-state index contributed by atoms with van der Waals surface area (Å²) < 4.78 is 49.0. The van der Waals surface area contributed by atoms with E-state index in [4.69, 9.17) is 42.6 Å². The van der Waals surface area contributed by atoms with Crippen molar-refractivity contribution in [3.05, 3.63) is 12.3 Å². The fraction of sp³-hybridized carbons (Fsp3) is 0.667. The first-order valence-corrected chi connectivity index (χ1v) is 11.9. The number of hydrogen-bond acceptors (Lipinski definition) is 15. The van der Waals surface area contributed by atoms with Crippen LogP contribution in [-0.2, 0) is 71.4 Å². The summed E-state index contributed by atoms with van der Waals surface area (Å²) >= 11 is 0. The molecule has 2 heterocycles. The molecule has 0 amide bonds. The zero-order chi connectivity index (χ0) is 29.3. The van der Waals surface area contributed by atoms with Crippen molar-refractivity contribution >= 4 is 35.8 Å². The Morgan fingerprint density at radius 2 is 1.08 bits per heavy atom. The van der Waals surface area contributed by atoms with Crippen LogP contribution in [0.4, 0.5) is 0 Å². The summed E-state index contributed by atoms with van der Waals surface area (Å²) in [5, 5.41) is 0. The molecule has 0 radical (unpaired) electrons. The van der Waals surface area contributed by atoms with Crippen molar-refractivity contribution < 1.29 is 71.4 Å². The van der Waals surface area contributed by atoms with E-state index < -0.39 is 91.4 Å². The van der Waals surface area contributed by atoms with Gasteiger partial charge in [-0.1, -0.05) is 0 Å². The van der Waals surface area contributed by atoms with Gasteiger partial charge < -0.3 is 42.6 Å². The van der Waals surface area contributed by atoms with Crippen molar-refractivity contribution in [3.8, 4) is 0 Å². The van der Waals surface area contributed by atoms with Gasteiger partial charge in [0.25, 0.3) is 0 Å². The lowest BCUT2D eigenvalue weighted by atomic mass is 9.97.